The molecule has 0 fully saturated rings. The fraction of sp³-hybridized carbons (Fsp3) is 0.200. The second kappa shape index (κ2) is 7.17. The van der Waals surface area contributed by atoms with Crippen LogP contribution in [0.15, 0.2) is 33.3 Å². The Hall–Kier alpha value is -3.46. The van der Waals surface area contributed by atoms with E-state index < -0.39 is 11.8 Å². The summed E-state index contributed by atoms with van der Waals surface area (Å²) in [6.07, 6.45) is 1.56. The predicted molar refractivity (Wildman–Crippen MR) is 108 cm³/mol. The molecule has 148 valence electrons. The van der Waals surface area contributed by atoms with Crippen molar-refractivity contribution in [3.63, 3.8) is 0 Å². The molecule has 0 saturated carbocycles. The molecule has 0 bridgehead atoms. The lowest BCUT2D eigenvalue weighted by Gasteiger charge is -2.06. The Labute approximate surface area is 169 Å². The van der Waals surface area contributed by atoms with Gasteiger partial charge in [0, 0.05) is 5.39 Å². The lowest BCUT2D eigenvalue weighted by Crippen LogP contribution is -2.41. The number of fused-ring (bicyclic) bond motifs is 1. The number of nitrogens with one attached hydrogen (secondary N) is 2. The van der Waals surface area contributed by atoms with Gasteiger partial charge in [0.15, 0.2) is 11.6 Å². The summed E-state index contributed by atoms with van der Waals surface area (Å²) in [6.45, 7) is 7.15. The predicted octanol–water partition coefficient (Wildman–Crippen LogP) is 3.85. The average molecular weight is 410 g/mol. The first kappa shape index (κ1) is 18.9. The third kappa shape index (κ3) is 3.40. The monoisotopic (exact) mass is 410 g/mol. The smallest absolute Gasteiger partial charge is 0.280 e. The Bertz CT molecular complexity index is 1240. The molecule has 0 spiro atoms. The third-order valence-corrected chi connectivity index (χ3v) is 5.68. The zero-order valence-corrected chi connectivity index (χ0v) is 17.1. The van der Waals surface area contributed by atoms with Crippen molar-refractivity contribution in [1.29, 1.82) is 0 Å². The summed E-state index contributed by atoms with van der Waals surface area (Å²) in [7, 11) is 0. The van der Waals surface area contributed by atoms with Gasteiger partial charge in [-0.15, -0.1) is 11.3 Å². The van der Waals surface area contributed by atoms with Crippen LogP contribution in [-0.2, 0) is 0 Å². The van der Waals surface area contributed by atoms with Gasteiger partial charge in [-0.25, -0.2) is 9.97 Å². The Kier molecular flexibility index (Phi) is 4.67. The summed E-state index contributed by atoms with van der Waals surface area (Å²) < 4.78 is 10.7. The number of carbonyl (C=O) groups is 2. The van der Waals surface area contributed by atoms with Gasteiger partial charge in [-0.3, -0.25) is 20.4 Å². The summed E-state index contributed by atoms with van der Waals surface area (Å²) >= 11 is 1.24. The number of aromatic nitrogens is 2. The highest BCUT2D eigenvalue weighted by Gasteiger charge is 2.21. The van der Waals surface area contributed by atoms with Crippen LogP contribution in [0.5, 0.6) is 0 Å². The van der Waals surface area contributed by atoms with Crippen LogP contribution in [0, 0.1) is 27.7 Å². The molecule has 0 aliphatic heterocycles. The van der Waals surface area contributed by atoms with E-state index in [0.29, 0.717) is 38.4 Å². The average Bonchev–Trinajstić information content (AvgIpc) is 3.39. The number of aryl methyl sites for hydroxylation is 4. The number of rotatable bonds is 3. The van der Waals surface area contributed by atoms with Crippen LogP contribution in [0.4, 0.5) is 0 Å². The molecule has 29 heavy (non-hydrogen) atoms. The van der Waals surface area contributed by atoms with Crippen LogP contribution in [-0.4, -0.2) is 21.8 Å². The van der Waals surface area contributed by atoms with Crippen LogP contribution in [0.1, 0.15) is 42.8 Å². The summed E-state index contributed by atoms with van der Waals surface area (Å²) in [5, 5.41) is 0.822. The van der Waals surface area contributed by atoms with Crippen LogP contribution in [0.25, 0.3) is 21.8 Å². The number of amides is 2. The van der Waals surface area contributed by atoms with Gasteiger partial charge in [0.1, 0.15) is 16.4 Å². The van der Waals surface area contributed by atoms with Crippen molar-refractivity contribution < 1.29 is 18.4 Å². The van der Waals surface area contributed by atoms with E-state index >= 15 is 0 Å². The molecule has 0 saturated heterocycles. The summed E-state index contributed by atoms with van der Waals surface area (Å²) in [6, 6.07) is 5.17. The Balaban J connectivity index is 1.59. The first-order valence-electron chi connectivity index (χ1n) is 8.84. The van der Waals surface area contributed by atoms with E-state index in [1.54, 1.807) is 38.3 Å². The summed E-state index contributed by atoms with van der Waals surface area (Å²) in [5.74, 6) is 1.28. The van der Waals surface area contributed by atoms with Crippen molar-refractivity contribution in [1.82, 2.24) is 20.8 Å². The Morgan fingerprint density at radius 3 is 2.48 bits per heavy atom. The fourth-order valence-electron chi connectivity index (χ4n) is 3.17. The molecule has 4 aromatic heterocycles. The zero-order chi connectivity index (χ0) is 20.7. The number of carbonyl (C=O) groups excluding carboxylic acids is 2. The van der Waals surface area contributed by atoms with E-state index in [1.807, 2.05) is 13.8 Å². The number of hydrogen-bond donors (Lipinski definition) is 2. The van der Waals surface area contributed by atoms with E-state index in [2.05, 4.69) is 20.8 Å². The molecule has 0 radical (unpaired) electrons. The van der Waals surface area contributed by atoms with Crippen LogP contribution in [0.3, 0.4) is 0 Å². The normalized spacial score (nSPS) is 11.0. The van der Waals surface area contributed by atoms with Gasteiger partial charge < -0.3 is 8.83 Å². The lowest BCUT2D eigenvalue weighted by molar-refractivity contribution is 0.0847. The molecule has 2 amide bonds. The van der Waals surface area contributed by atoms with Crippen molar-refractivity contribution in [3.05, 3.63) is 57.7 Å². The maximum atomic E-state index is 12.7. The maximum Gasteiger partial charge on any atom is 0.280 e. The molecule has 4 aromatic rings. The number of hydrazine groups is 1. The fourth-order valence-corrected chi connectivity index (χ4v) is 4.29. The minimum Gasteiger partial charge on any atom is -0.466 e. The minimum atomic E-state index is -0.442. The quantitative estimate of drug-likeness (QED) is 0.496. The SMILES string of the molecule is Cc1cc(C(=O)NNC(=O)c2sc3nc(-c4ccco4)nc(C)c3c2C)c(C)o1. The minimum absolute atomic E-state index is 0.376. The number of furan rings is 2. The zero-order valence-electron chi connectivity index (χ0n) is 16.2. The highest BCUT2D eigenvalue weighted by molar-refractivity contribution is 7.20. The molecule has 0 aliphatic carbocycles. The molecular weight excluding hydrogens is 392 g/mol. The number of nitrogens with zero attached hydrogens (tertiary/aromatic N) is 2. The van der Waals surface area contributed by atoms with Crippen molar-refractivity contribution in [3.8, 4) is 11.6 Å². The number of thiophene rings is 1. The van der Waals surface area contributed by atoms with E-state index in [4.69, 9.17) is 8.83 Å². The van der Waals surface area contributed by atoms with Crippen LogP contribution >= 0.6 is 11.3 Å². The van der Waals surface area contributed by atoms with Crippen LogP contribution in [0.2, 0.25) is 0 Å². The summed E-state index contributed by atoms with van der Waals surface area (Å²) in [5.41, 5.74) is 6.78. The molecule has 4 heterocycles. The van der Waals surface area contributed by atoms with Gasteiger partial charge in [-0.2, -0.15) is 0 Å². The summed E-state index contributed by atoms with van der Waals surface area (Å²) in [4.78, 5) is 35.1. The Morgan fingerprint density at radius 2 is 1.83 bits per heavy atom. The molecule has 4 rings (SSSR count). The highest BCUT2D eigenvalue weighted by atomic mass is 32.1. The van der Waals surface area contributed by atoms with E-state index in [0.717, 1.165) is 16.6 Å². The van der Waals surface area contributed by atoms with Gasteiger partial charge in [0.2, 0.25) is 0 Å². The van der Waals surface area contributed by atoms with Gasteiger partial charge in [-0.1, -0.05) is 0 Å². The first-order chi connectivity index (χ1) is 13.8. The molecule has 0 atom stereocenters. The van der Waals surface area contributed by atoms with Gasteiger partial charge in [0.25, 0.3) is 11.8 Å². The van der Waals surface area contributed by atoms with E-state index in [1.165, 1.54) is 11.3 Å². The van der Waals surface area contributed by atoms with Crippen molar-refractivity contribution in [2.24, 2.45) is 0 Å². The van der Waals surface area contributed by atoms with E-state index in [-0.39, 0.29) is 0 Å². The number of hydrogen-bond acceptors (Lipinski definition) is 7. The Morgan fingerprint density at radius 1 is 1.07 bits per heavy atom. The molecule has 0 aliphatic rings. The topological polar surface area (TPSA) is 110 Å². The molecule has 0 unspecified atom stereocenters. The third-order valence-electron chi connectivity index (χ3n) is 4.49. The highest BCUT2D eigenvalue weighted by Crippen LogP contribution is 2.32. The lowest BCUT2D eigenvalue weighted by atomic mass is 10.1. The maximum absolute atomic E-state index is 12.7. The first-order valence-corrected chi connectivity index (χ1v) is 9.66. The second-order valence-corrected chi connectivity index (χ2v) is 7.58. The largest absolute Gasteiger partial charge is 0.466 e. The molecule has 2 N–H and O–H groups in total. The molecule has 8 nitrogen and oxygen atoms in total. The van der Waals surface area contributed by atoms with Crippen molar-refractivity contribution in [2.75, 3.05) is 0 Å². The van der Waals surface area contributed by atoms with Crippen LogP contribution < -0.4 is 10.9 Å². The second-order valence-electron chi connectivity index (χ2n) is 6.58. The van der Waals surface area contributed by atoms with Crippen molar-refractivity contribution >= 4 is 33.4 Å². The van der Waals surface area contributed by atoms with Crippen molar-refractivity contribution in [2.45, 2.75) is 27.7 Å². The van der Waals surface area contributed by atoms with Gasteiger partial charge >= 0.3 is 0 Å². The van der Waals surface area contributed by atoms with Gasteiger partial charge in [-0.05, 0) is 51.5 Å². The molecular formula is C20H18N4O4S. The molecule has 9 heteroatoms. The van der Waals surface area contributed by atoms with E-state index in [9.17, 15) is 9.59 Å². The van der Waals surface area contributed by atoms with Gasteiger partial charge in [0.05, 0.1) is 22.4 Å². The molecule has 0 aromatic carbocycles. The standard InChI is InChI=1S/C20H18N4O4S/c1-9-8-13(12(4)28-9)18(25)23-24-19(26)16-10(2)15-11(3)21-17(22-20(15)29-16)14-6-5-7-27-14/h5-8H,1-4H3,(H,23,25)(H,24,26).